The standard InChI is InChI=1S/C26H28N2O5S/c1-27(21-11-15-24(33-3)16-12-21)34(30,31)25-6-4-5-20(17-25)26(29)28(22-9-10-22)18-19-7-13-23(32-2)14-8-19/h4-8,11-17,22H,9-10,18H2,1-3H3. The molecule has 0 N–H and O–H groups in total. The molecule has 1 fully saturated rings. The van der Waals surface area contributed by atoms with Gasteiger partial charge in [0.15, 0.2) is 0 Å². The predicted molar refractivity (Wildman–Crippen MR) is 131 cm³/mol. The molecule has 0 atom stereocenters. The Morgan fingerprint density at radius 2 is 1.50 bits per heavy atom. The SMILES string of the molecule is COc1ccc(CN(C(=O)c2cccc(S(=O)(=O)N(C)c3ccc(OC)cc3)c2)C2CC2)cc1. The molecule has 0 saturated heterocycles. The summed E-state index contributed by atoms with van der Waals surface area (Å²) in [5.74, 6) is 1.22. The number of amides is 1. The Labute approximate surface area is 200 Å². The monoisotopic (exact) mass is 480 g/mol. The van der Waals surface area contributed by atoms with Crippen LogP contribution in [-0.4, -0.2) is 46.5 Å². The second-order valence-corrected chi connectivity index (χ2v) is 10.2. The fourth-order valence-electron chi connectivity index (χ4n) is 3.73. The fraction of sp³-hybridized carbons (Fsp3) is 0.269. The molecule has 1 saturated carbocycles. The maximum absolute atomic E-state index is 13.4. The van der Waals surface area contributed by atoms with Gasteiger partial charge in [0, 0.05) is 25.2 Å². The van der Waals surface area contributed by atoms with Gasteiger partial charge in [-0.15, -0.1) is 0 Å². The molecule has 7 nitrogen and oxygen atoms in total. The van der Waals surface area contributed by atoms with Crippen LogP contribution in [0.1, 0.15) is 28.8 Å². The van der Waals surface area contributed by atoms with Gasteiger partial charge in [0.05, 0.1) is 24.8 Å². The lowest BCUT2D eigenvalue weighted by Gasteiger charge is -2.24. The molecule has 178 valence electrons. The normalized spacial score (nSPS) is 13.3. The van der Waals surface area contributed by atoms with Crippen LogP contribution in [0.4, 0.5) is 5.69 Å². The zero-order valence-corrected chi connectivity index (χ0v) is 20.3. The van der Waals surface area contributed by atoms with Gasteiger partial charge in [-0.1, -0.05) is 18.2 Å². The molecule has 0 bridgehead atoms. The van der Waals surface area contributed by atoms with Crippen molar-refractivity contribution < 1.29 is 22.7 Å². The van der Waals surface area contributed by atoms with E-state index in [1.165, 1.54) is 23.5 Å². The number of sulfonamides is 1. The molecule has 0 radical (unpaired) electrons. The molecule has 1 aliphatic rings. The van der Waals surface area contributed by atoms with E-state index in [2.05, 4.69) is 0 Å². The smallest absolute Gasteiger partial charge is 0.264 e. The van der Waals surface area contributed by atoms with Gasteiger partial charge in [-0.05, 0) is 73.0 Å². The van der Waals surface area contributed by atoms with Crippen molar-refractivity contribution in [3.05, 3.63) is 83.9 Å². The first kappa shape index (κ1) is 23.6. The number of hydrogen-bond acceptors (Lipinski definition) is 5. The molecule has 34 heavy (non-hydrogen) atoms. The van der Waals surface area contributed by atoms with Crippen LogP contribution < -0.4 is 13.8 Å². The molecule has 1 aliphatic carbocycles. The highest BCUT2D eigenvalue weighted by molar-refractivity contribution is 7.92. The number of methoxy groups -OCH3 is 2. The number of carbonyl (C=O) groups excluding carboxylic acids is 1. The fourth-order valence-corrected chi connectivity index (χ4v) is 4.97. The minimum Gasteiger partial charge on any atom is -0.497 e. The summed E-state index contributed by atoms with van der Waals surface area (Å²) in [5, 5.41) is 0. The largest absolute Gasteiger partial charge is 0.497 e. The van der Waals surface area contributed by atoms with Crippen molar-refractivity contribution in [1.82, 2.24) is 4.90 Å². The summed E-state index contributed by atoms with van der Waals surface area (Å²) in [7, 11) is 0.802. The van der Waals surface area contributed by atoms with Gasteiger partial charge in [0.1, 0.15) is 11.5 Å². The van der Waals surface area contributed by atoms with E-state index in [0.717, 1.165) is 24.2 Å². The van der Waals surface area contributed by atoms with Gasteiger partial charge in [-0.25, -0.2) is 8.42 Å². The molecule has 3 aromatic carbocycles. The molecular formula is C26H28N2O5S. The van der Waals surface area contributed by atoms with E-state index in [-0.39, 0.29) is 16.8 Å². The first-order chi connectivity index (χ1) is 16.3. The molecular weight excluding hydrogens is 452 g/mol. The second kappa shape index (κ2) is 9.77. The Morgan fingerprint density at radius 1 is 0.912 bits per heavy atom. The van der Waals surface area contributed by atoms with E-state index in [0.29, 0.717) is 23.5 Å². The Bertz CT molecular complexity index is 1250. The number of carbonyl (C=O) groups is 1. The predicted octanol–water partition coefficient (Wildman–Crippen LogP) is 4.33. The summed E-state index contributed by atoms with van der Waals surface area (Å²) in [4.78, 5) is 15.3. The van der Waals surface area contributed by atoms with Crippen LogP contribution in [0.2, 0.25) is 0 Å². The third-order valence-electron chi connectivity index (χ3n) is 5.94. The first-order valence-corrected chi connectivity index (χ1v) is 12.4. The highest BCUT2D eigenvalue weighted by Gasteiger charge is 2.33. The maximum atomic E-state index is 13.4. The summed E-state index contributed by atoms with van der Waals surface area (Å²) in [6.07, 6.45) is 1.89. The van der Waals surface area contributed by atoms with Crippen molar-refractivity contribution in [2.24, 2.45) is 0 Å². The van der Waals surface area contributed by atoms with Crippen molar-refractivity contribution in [2.75, 3.05) is 25.6 Å². The quantitative estimate of drug-likeness (QED) is 0.456. The molecule has 0 spiro atoms. The number of rotatable bonds is 9. The van der Waals surface area contributed by atoms with E-state index in [1.54, 1.807) is 50.6 Å². The zero-order chi connectivity index (χ0) is 24.3. The highest BCUT2D eigenvalue weighted by atomic mass is 32.2. The lowest BCUT2D eigenvalue weighted by Crippen LogP contribution is -2.33. The van der Waals surface area contributed by atoms with Gasteiger partial charge in [-0.3, -0.25) is 9.10 Å². The molecule has 0 heterocycles. The van der Waals surface area contributed by atoms with E-state index < -0.39 is 10.0 Å². The summed E-state index contributed by atoms with van der Waals surface area (Å²) in [5.41, 5.74) is 1.84. The number of nitrogens with zero attached hydrogens (tertiary/aromatic N) is 2. The Kier molecular flexibility index (Phi) is 6.79. The number of anilines is 1. The number of benzene rings is 3. The molecule has 0 aliphatic heterocycles. The Hall–Kier alpha value is -3.52. The first-order valence-electron chi connectivity index (χ1n) is 11.0. The van der Waals surface area contributed by atoms with Gasteiger partial charge >= 0.3 is 0 Å². The third-order valence-corrected chi connectivity index (χ3v) is 7.72. The van der Waals surface area contributed by atoms with Crippen LogP contribution in [0, 0.1) is 0 Å². The zero-order valence-electron chi connectivity index (χ0n) is 19.5. The van der Waals surface area contributed by atoms with E-state index in [9.17, 15) is 13.2 Å². The van der Waals surface area contributed by atoms with Crippen LogP contribution in [-0.2, 0) is 16.6 Å². The minimum absolute atomic E-state index is 0.0665. The Balaban J connectivity index is 1.57. The number of hydrogen-bond donors (Lipinski definition) is 0. The van der Waals surface area contributed by atoms with E-state index in [1.807, 2.05) is 29.2 Å². The topological polar surface area (TPSA) is 76.2 Å². The van der Waals surface area contributed by atoms with Crippen molar-refractivity contribution in [1.29, 1.82) is 0 Å². The van der Waals surface area contributed by atoms with Crippen LogP contribution in [0.3, 0.4) is 0 Å². The minimum atomic E-state index is -3.86. The summed E-state index contributed by atoms with van der Waals surface area (Å²) >= 11 is 0. The third kappa shape index (κ3) is 5.02. The van der Waals surface area contributed by atoms with Crippen molar-refractivity contribution in [3.8, 4) is 11.5 Å². The summed E-state index contributed by atoms with van der Waals surface area (Å²) < 4.78 is 38.1. The number of ether oxygens (including phenoxy) is 2. The van der Waals surface area contributed by atoms with Crippen molar-refractivity contribution in [2.45, 2.75) is 30.3 Å². The highest BCUT2D eigenvalue weighted by Crippen LogP contribution is 2.31. The lowest BCUT2D eigenvalue weighted by molar-refractivity contribution is 0.0729. The molecule has 0 unspecified atom stereocenters. The van der Waals surface area contributed by atoms with Crippen LogP contribution in [0.15, 0.2) is 77.7 Å². The summed E-state index contributed by atoms with van der Waals surface area (Å²) in [6, 6.07) is 20.8. The molecule has 4 rings (SSSR count). The Morgan fingerprint density at radius 3 is 2.06 bits per heavy atom. The second-order valence-electron chi connectivity index (χ2n) is 8.21. The van der Waals surface area contributed by atoms with E-state index >= 15 is 0 Å². The molecule has 0 aromatic heterocycles. The average molecular weight is 481 g/mol. The lowest BCUT2D eigenvalue weighted by atomic mass is 10.1. The van der Waals surface area contributed by atoms with Crippen LogP contribution in [0.5, 0.6) is 11.5 Å². The van der Waals surface area contributed by atoms with Gasteiger partial charge in [-0.2, -0.15) is 0 Å². The van der Waals surface area contributed by atoms with Crippen molar-refractivity contribution in [3.63, 3.8) is 0 Å². The van der Waals surface area contributed by atoms with Crippen LogP contribution in [0.25, 0.3) is 0 Å². The van der Waals surface area contributed by atoms with Gasteiger partial charge in [0.2, 0.25) is 0 Å². The maximum Gasteiger partial charge on any atom is 0.264 e. The van der Waals surface area contributed by atoms with Crippen LogP contribution >= 0.6 is 0 Å². The van der Waals surface area contributed by atoms with Crippen molar-refractivity contribution >= 4 is 21.6 Å². The summed E-state index contributed by atoms with van der Waals surface area (Å²) in [6.45, 7) is 0.455. The molecule has 3 aromatic rings. The molecule has 1 amide bonds. The van der Waals surface area contributed by atoms with Gasteiger partial charge < -0.3 is 14.4 Å². The van der Waals surface area contributed by atoms with Gasteiger partial charge in [0.25, 0.3) is 15.9 Å². The average Bonchev–Trinajstić information content (AvgIpc) is 3.72. The van der Waals surface area contributed by atoms with E-state index in [4.69, 9.17) is 9.47 Å². The molecule has 8 heteroatoms.